The maximum atomic E-state index is 12.2. The standard InChI is InChI=1S/C19H21ClN2O2/c1-14(9-15-5-4-6-17(20)10-15)19(24)22-12-16(13-23)11-18-7-2-3-8-21-18/h2-10,16,23H,11-13H2,1H3,(H,22,24)/b14-9-. The van der Waals surface area contributed by atoms with Crippen molar-refractivity contribution < 1.29 is 9.90 Å². The molecule has 2 aromatic rings. The molecule has 1 unspecified atom stereocenters. The second kappa shape index (κ2) is 9.21. The molecule has 2 rings (SSSR count). The van der Waals surface area contributed by atoms with Gasteiger partial charge in [0.1, 0.15) is 0 Å². The molecule has 1 amide bonds. The molecule has 0 bridgehead atoms. The van der Waals surface area contributed by atoms with Gasteiger partial charge in [-0.2, -0.15) is 0 Å². The van der Waals surface area contributed by atoms with Crippen molar-refractivity contribution in [2.45, 2.75) is 13.3 Å². The lowest BCUT2D eigenvalue weighted by atomic mass is 10.0. The Morgan fingerprint density at radius 3 is 2.83 bits per heavy atom. The van der Waals surface area contributed by atoms with Gasteiger partial charge in [-0.15, -0.1) is 0 Å². The van der Waals surface area contributed by atoms with E-state index in [1.54, 1.807) is 31.3 Å². The van der Waals surface area contributed by atoms with E-state index in [4.69, 9.17) is 11.6 Å². The first-order valence-electron chi connectivity index (χ1n) is 7.81. The minimum Gasteiger partial charge on any atom is -0.396 e. The van der Waals surface area contributed by atoms with Crippen molar-refractivity contribution in [1.29, 1.82) is 0 Å². The SMILES string of the molecule is C/C(=C/c1cccc(Cl)c1)C(=O)NCC(CO)Cc1ccccn1. The molecule has 0 aliphatic rings. The van der Waals surface area contributed by atoms with Crippen LogP contribution in [0.1, 0.15) is 18.2 Å². The number of nitrogens with zero attached hydrogens (tertiary/aromatic N) is 1. The predicted molar refractivity (Wildman–Crippen MR) is 96.6 cm³/mol. The predicted octanol–water partition coefficient (Wildman–Crippen LogP) is 3.11. The Labute approximate surface area is 147 Å². The summed E-state index contributed by atoms with van der Waals surface area (Å²) in [6.07, 6.45) is 4.13. The van der Waals surface area contributed by atoms with Crippen LogP contribution in [0, 0.1) is 5.92 Å². The average molecular weight is 345 g/mol. The van der Waals surface area contributed by atoms with Crippen LogP contribution in [0.4, 0.5) is 0 Å². The largest absolute Gasteiger partial charge is 0.396 e. The van der Waals surface area contributed by atoms with E-state index in [-0.39, 0.29) is 18.4 Å². The van der Waals surface area contributed by atoms with Crippen molar-refractivity contribution in [3.8, 4) is 0 Å². The Morgan fingerprint density at radius 1 is 1.33 bits per heavy atom. The van der Waals surface area contributed by atoms with Crippen molar-refractivity contribution in [3.05, 3.63) is 70.5 Å². The lowest BCUT2D eigenvalue weighted by Crippen LogP contribution is -2.32. The molecule has 0 saturated carbocycles. The number of carbonyl (C=O) groups excluding carboxylic acids is 1. The van der Waals surface area contributed by atoms with Crippen LogP contribution in [0.5, 0.6) is 0 Å². The van der Waals surface area contributed by atoms with Crippen LogP contribution in [-0.2, 0) is 11.2 Å². The summed E-state index contributed by atoms with van der Waals surface area (Å²) < 4.78 is 0. The zero-order valence-corrected chi connectivity index (χ0v) is 14.3. The first-order valence-corrected chi connectivity index (χ1v) is 8.19. The first kappa shape index (κ1) is 18.2. The molecular formula is C19H21ClN2O2. The topological polar surface area (TPSA) is 62.2 Å². The number of aliphatic hydroxyl groups excluding tert-OH is 1. The summed E-state index contributed by atoms with van der Waals surface area (Å²) >= 11 is 5.94. The molecule has 0 spiro atoms. The quantitative estimate of drug-likeness (QED) is 0.759. The van der Waals surface area contributed by atoms with E-state index in [1.165, 1.54) is 0 Å². The van der Waals surface area contributed by atoms with Crippen molar-refractivity contribution in [2.24, 2.45) is 5.92 Å². The number of rotatable bonds is 7. The number of amides is 1. The number of halogens is 1. The number of hydrogen-bond acceptors (Lipinski definition) is 3. The molecule has 1 atom stereocenters. The Kier molecular flexibility index (Phi) is 6.97. The van der Waals surface area contributed by atoms with Crippen LogP contribution in [0.2, 0.25) is 5.02 Å². The van der Waals surface area contributed by atoms with Crippen LogP contribution in [0.25, 0.3) is 6.08 Å². The summed E-state index contributed by atoms with van der Waals surface area (Å²) in [5.41, 5.74) is 2.37. The third-order valence-corrected chi connectivity index (χ3v) is 3.86. The first-order chi connectivity index (χ1) is 11.6. The molecule has 4 nitrogen and oxygen atoms in total. The molecule has 0 fully saturated rings. The minimum atomic E-state index is -0.158. The number of hydrogen-bond donors (Lipinski definition) is 2. The number of carbonyl (C=O) groups is 1. The summed E-state index contributed by atoms with van der Waals surface area (Å²) in [5, 5.41) is 13.0. The van der Waals surface area contributed by atoms with Crippen molar-refractivity contribution in [3.63, 3.8) is 0 Å². The number of nitrogens with one attached hydrogen (secondary N) is 1. The van der Waals surface area contributed by atoms with Gasteiger partial charge in [0.05, 0.1) is 0 Å². The van der Waals surface area contributed by atoms with E-state index in [1.807, 2.05) is 30.3 Å². The summed E-state index contributed by atoms with van der Waals surface area (Å²) in [4.78, 5) is 16.4. The lowest BCUT2D eigenvalue weighted by molar-refractivity contribution is -0.117. The van der Waals surface area contributed by atoms with Crippen molar-refractivity contribution >= 4 is 23.6 Å². The van der Waals surface area contributed by atoms with Gasteiger partial charge >= 0.3 is 0 Å². The van der Waals surface area contributed by atoms with E-state index in [9.17, 15) is 9.90 Å². The maximum Gasteiger partial charge on any atom is 0.246 e. The van der Waals surface area contributed by atoms with Crippen LogP contribution in [-0.4, -0.2) is 29.1 Å². The molecule has 0 aliphatic heterocycles. The molecule has 0 saturated heterocycles. The highest BCUT2D eigenvalue weighted by Gasteiger charge is 2.12. The fraction of sp³-hybridized carbons (Fsp3) is 0.263. The number of aromatic nitrogens is 1. The van der Waals surface area contributed by atoms with E-state index in [2.05, 4.69) is 10.3 Å². The second-order valence-electron chi connectivity index (χ2n) is 5.67. The molecule has 5 heteroatoms. The number of benzene rings is 1. The van der Waals surface area contributed by atoms with Gasteiger partial charge in [-0.3, -0.25) is 9.78 Å². The maximum absolute atomic E-state index is 12.2. The van der Waals surface area contributed by atoms with Crippen molar-refractivity contribution in [2.75, 3.05) is 13.2 Å². The molecule has 0 aliphatic carbocycles. The second-order valence-corrected chi connectivity index (χ2v) is 6.10. The summed E-state index contributed by atoms with van der Waals surface area (Å²) in [6, 6.07) is 13.0. The summed E-state index contributed by atoms with van der Waals surface area (Å²) in [6.45, 7) is 2.14. The molecule has 24 heavy (non-hydrogen) atoms. The van der Waals surface area contributed by atoms with E-state index >= 15 is 0 Å². The van der Waals surface area contributed by atoms with E-state index in [0.29, 0.717) is 23.6 Å². The Balaban J connectivity index is 1.91. The monoisotopic (exact) mass is 344 g/mol. The zero-order chi connectivity index (χ0) is 17.4. The number of aliphatic hydroxyl groups is 1. The Bertz CT molecular complexity index is 702. The van der Waals surface area contributed by atoms with Crippen molar-refractivity contribution in [1.82, 2.24) is 10.3 Å². The van der Waals surface area contributed by atoms with Gasteiger partial charge in [0.2, 0.25) is 5.91 Å². The van der Waals surface area contributed by atoms with Gasteiger partial charge in [0.25, 0.3) is 0 Å². The van der Waals surface area contributed by atoms with Gasteiger partial charge in [-0.25, -0.2) is 0 Å². The third kappa shape index (κ3) is 5.80. The summed E-state index contributed by atoms with van der Waals surface area (Å²) in [7, 11) is 0. The third-order valence-electron chi connectivity index (χ3n) is 3.62. The van der Waals surface area contributed by atoms with Gasteiger partial charge < -0.3 is 10.4 Å². The molecule has 0 radical (unpaired) electrons. The molecule has 126 valence electrons. The van der Waals surface area contributed by atoms with E-state index < -0.39 is 0 Å². The van der Waals surface area contributed by atoms with Crippen LogP contribution in [0.3, 0.4) is 0 Å². The average Bonchev–Trinajstić information content (AvgIpc) is 2.59. The highest BCUT2D eigenvalue weighted by Crippen LogP contribution is 2.14. The van der Waals surface area contributed by atoms with Gasteiger partial charge in [-0.05, 0) is 49.2 Å². The van der Waals surface area contributed by atoms with Gasteiger partial charge in [-0.1, -0.05) is 29.8 Å². The van der Waals surface area contributed by atoms with Gasteiger partial charge in [0.15, 0.2) is 0 Å². The fourth-order valence-electron chi connectivity index (χ4n) is 2.30. The Hall–Kier alpha value is -2.17. The highest BCUT2D eigenvalue weighted by molar-refractivity contribution is 6.30. The summed E-state index contributed by atoms with van der Waals surface area (Å²) in [5.74, 6) is -0.225. The van der Waals surface area contributed by atoms with Crippen LogP contribution in [0.15, 0.2) is 54.2 Å². The van der Waals surface area contributed by atoms with Crippen LogP contribution >= 0.6 is 11.6 Å². The fourth-order valence-corrected chi connectivity index (χ4v) is 2.50. The molecule has 1 heterocycles. The smallest absolute Gasteiger partial charge is 0.246 e. The normalized spacial score (nSPS) is 12.7. The number of pyridine rings is 1. The van der Waals surface area contributed by atoms with Gasteiger partial charge in [0, 0.05) is 41.6 Å². The zero-order valence-electron chi connectivity index (χ0n) is 13.6. The molecule has 2 N–H and O–H groups in total. The lowest BCUT2D eigenvalue weighted by Gasteiger charge is -2.15. The molecular weight excluding hydrogens is 324 g/mol. The molecule has 1 aromatic heterocycles. The minimum absolute atomic E-state index is 0.00604. The van der Waals surface area contributed by atoms with Crippen LogP contribution < -0.4 is 5.32 Å². The van der Waals surface area contributed by atoms with E-state index in [0.717, 1.165) is 11.3 Å². The highest BCUT2D eigenvalue weighted by atomic mass is 35.5. The molecule has 1 aromatic carbocycles. The Morgan fingerprint density at radius 2 is 2.17 bits per heavy atom.